The molecule has 25 heavy (non-hydrogen) atoms. The average Bonchev–Trinajstić information content (AvgIpc) is 2.44. The molecule has 0 aliphatic heterocycles. The molecule has 0 bridgehead atoms. The molecule has 0 radical (unpaired) electrons. The van der Waals surface area contributed by atoms with Crippen LogP contribution in [0.4, 0.5) is 0 Å². The van der Waals surface area contributed by atoms with Crippen LogP contribution in [0.5, 0.6) is 11.5 Å². The molecule has 0 aliphatic rings. The van der Waals surface area contributed by atoms with E-state index >= 15 is 0 Å². The van der Waals surface area contributed by atoms with Crippen molar-refractivity contribution in [1.29, 1.82) is 0 Å². The number of hydrogen-bond acceptors (Lipinski definition) is 2. The quantitative estimate of drug-likeness (QED) is 0.653. The van der Waals surface area contributed by atoms with E-state index in [1.807, 2.05) is 0 Å². The summed E-state index contributed by atoms with van der Waals surface area (Å²) in [6.07, 6.45) is 0. The van der Waals surface area contributed by atoms with Crippen molar-refractivity contribution in [3.05, 3.63) is 48.5 Å². The van der Waals surface area contributed by atoms with Crippen molar-refractivity contribution < 1.29 is 8.85 Å². The summed E-state index contributed by atoms with van der Waals surface area (Å²) in [5.41, 5.74) is 0. The van der Waals surface area contributed by atoms with Crippen molar-refractivity contribution in [2.24, 2.45) is 0 Å². The molecule has 0 N–H and O–H groups in total. The first-order valence-corrected chi connectivity index (χ1v) is 18.8. The molecule has 2 rings (SSSR count). The van der Waals surface area contributed by atoms with Crippen LogP contribution in [-0.2, 0) is 0 Å². The van der Waals surface area contributed by atoms with Gasteiger partial charge in [-0.1, -0.05) is 49.5 Å². The number of hydrogen-bond donors (Lipinski definition) is 0. The maximum atomic E-state index is 6.42. The van der Waals surface area contributed by atoms with E-state index in [0.29, 0.717) is 0 Å². The number of benzene rings is 2. The lowest BCUT2D eigenvalue weighted by atomic mass is 10.3. The minimum atomic E-state index is -1.95. The van der Waals surface area contributed by atoms with Crippen LogP contribution in [0.2, 0.25) is 52.4 Å². The maximum absolute atomic E-state index is 6.42. The lowest BCUT2D eigenvalue weighted by Crippen LogP contribution is -2.55. The van der Waals surface area contributed by atoms with Gasteiger partial charge in [-0.2, -0.15) is 0 Å². The zero-order valence-electron chi connectivity index (χ0n) is 16.9. The van der Waals surface area contributed by atoms with Crippen LogP contribution in [0.25, 0.3) is 0 Å². The normalized spacial score (nSPS) is 12.8. The second-order valence-corrected chi connectivity index (χ2v) is 22.2. The van der Waals surface area contributed by atoms with Gasteiger partial charge in [0.2, 0.25) is 16.6 Å². The Morgan fingerprint density at radius 2 is 0.840 bits per heavy atom. The van der Waals surface area contributed by atoms with Crippen LogP contribution in [0, 0.1) is 0 Å². The van der Waals surface area contributed by atoms with E-state index in [1.165, 1.54) is 10.4 Å². The monoisotopic (exact) mass is 388 g/mol. The molecule has 0 saturated carbocycles. The van der Waals surface area contributed by atoms with Crippen molar-refractivity contribution in [3.8, 4) is 11.5 Å². The highest BCUT2D eigenvalue weighted by Crippen LogP contribution is 2.22. The van der Waals surface area contributed by atoms with Gasteiger partial charge in [0.25, 0.3) is 0 Å². The Labute approximate surface area is 156 Å². The third-order valence-corrected chi connectivity index (χ3v) is 9.14. The van der Waals surface area contributed by atoms with E-state index in [4.69, 9.17) is 8.85 Å². The van der Waals surface area contributed by atoms with Gasteiger partial charge in [-0.05, 0) is 61.8 Å². The van der Waals surface area contributed by atoms with Crippen LogP contribution < -0.4 is 19.2 Å². The van der Waals surface area contributed by atoms with Crippen molar-refractivity contribution in [2.45, 2.75) is 52.4 Å². The Hall–Kier alpha value is -1.31. The van der Waals surface area contributed by atoms with Crippen molar-refractivity contribution in [2.75, 3.05) is 0 Å². The molecule has 2 nitrogen and oxygen atoms in total. The van der Waals surface area contributed by atoms with Crippen LogP contribution in [-0.4, -0.2) is 24.7 Å². The van der Waals surface area contributed by atoms with E-state index in [0.717, 1.165) is 11.5 Å². The first-order valence-electron chi connectivity index (χ1n) is 8.97. The molecule has 0 atom stereocenters. The van der Waals surface area contributed by atoms with Gasteiger partial charge in [-0.3, -0.25) is 0 Å². The van der Waals surface area contributed by atoms with Crippen molar-refractivity contribution in [3.63, 3.8) is 0 Å². The summed E-state index contributed by atoms with van der Waals surface area (Å²) in [5, 5.41) is 2.70. The third kappa shape index (κ3) is 5.33. The second kappa shape index (κ2) is 7.13. The Balaban J connectivity index is 2.54. The molecular formula is C20H32O2Si3. The Morgan fingerprint density at radius 1 is 0.520 bits per heavy atom. The fourth-order valence-corrected chi connectivity index (χ4v) is 7.65. The van der Waals surface area contributed by atoms with E-state index in [-0.39, 0.29) is 0 Å². The molecule has 5 heteroatoms. The summed E-state index contributed by atoms with van der Waals surface area (Å²) < 4.78 is 12.8. The molecule has 0 aromatic heterocycles. The van der Waals surface area contributed by atoms with Gasteiger partial charge in [0.15, 0.2) is 0 Å². The molecule has 0 spiro atoms. The number of rotatable bonds is 6. The standard InChI is InChI=1S/C20H32O2Si3/c1-23(2,3)21-17-13-9-11-15-19(17)25(7,8)20-16-12-10-14-18(20)22-24(4,5)6/h9-16H,1-8H3. The SMILES string of the molecule is C[Si](C)(C)Oc1ccccc1[Si](C)(C)c1ccccc1O[Si](C)(C)C. The van der Waals surface area contributed by atoms with Gasteiger partial charge >= 0.3 is 0 Å². The molecule has 136 valence electrons. The summed E-state index contributed by atoms with van der Waals surface area (Å²) >= 11 is 0. The molecule has 0 saturated heterocycles. The average molecular weight is 389 g/mol. The molecule has 0 aliphatic carbocycles. The largest absolute Gasteiger partial charge is 0.544 e. The minimum absolute atomic E-state index is 1.06. The lowest BCUT2D eigenvalue weighted by molar-refractivity contribution is 0.560. The Morgan fingerprint density at radius 3 is 1.16 bits per heavy atom. The van der Waals surface area contributed by atoms with Crippen molar-refractivity contribution >= 4 is 35.1 Å². The highest BCUT2D eigenvalue weighted by atomic mass is 28.4. The highest BCUT2D eigenvalue weighted by Gasteiger charge is 2.34. The molecule has 0 amide bonds. The predicted molar refractivity (Wildman–Crippen MR) is 118 cm³/mol. The van der Waals surface area contributed by atoms with Gasteiger partial charge in [-0.25, -0.2) is 0 Å². The lowest BCUT2D eigenvalue weighted by Gasteiger charge is -2.32. The van der Waals surface area contributed by atoms with E-state index in [9.17, 15) is 0 Å². The van der Waals surface area contributed by atoms with Gasteiger partial charge in [0.05, 0.1) is 0 Å². The molecule has 0 heterocycles. The summed E-state index contributed by atoms with van der Waals surface area (Å²) in [4.78, 5) is 0. The highest BCUT2D eigenvalue weighted by molar-refractivity contribution is 7.01. The molecule has 2 aromatic rings. The zero-order chi connectivity index (χ0) is 18.9. The molecule has 0 unspecified atom stereocenters. The fraction of sp³-hybridized carbons (Fsp3) is 0.400. The fourth-order valence-electron chi connectivity index (χ4n) is 2.95. The summed E-state index contributed by atoms with van der Waals surface area (Å²) in [6, 6.07) is 17.2. The van der Waals surface area contributed by atoms with Gasteiger partial charge in [0.1, 0.15) is 19.6 Å². The zero-order valence-corrected chi connectivity index (χ0v) is 19.9. The Bertz CT molecular complexity index is 667. The summed E-state index contributed by atoms with van der Waals surface area (Å²) in [5.74, 6) is 2.11. The topological polar surface area (TPSA) is 18.5 Å². The van der Waals surface area contributed by atoms with Crippen LogP contribution >= 0.6 is 0 Å². The van der Waals surface area contributed by atoms with E-state index < -0.39 is 24.7 Å². The van der Waals surface area contributed by atoms with E-state index in [1.54, 1.807) is 0 Å². The van der Waals surface area contributed by atoms with Crippen LogP contribution in [0.3, 0.4) is 0 Å². The Kier molecular flexibility index (Phi) is 5.71. The molecular weight excluding hydrogens is 356 g/mol. The first-order chi connectivity index (χ1) is 11.4. The van der Waals surface area contributed by atoms with Gasteiger partial charge in [-0.15, -0.1) is 0 Å². The second-order valence-electron chi connectivity index (χ2n) is 9.05. The number of para-hydroxylation sites is 2. The molecule has 0 fully saturated rings. The van der Waals surface area contributed by atoms with Gasteiger partial charge < -0.3 is 8.85 Å². The maximum Gasteiger partial charge on any atom is 0.242 e. The summed E-state index contributed by atoms with van der Waals surface area (Å²) in [7, 11) is -5.28. The summed E-state index contributed by atoms with van der Waals surface area (Å²) in [6.45, 7) is 18.2. The van der Waals surface area contributed by atoms with Crippen LogP contribution in [0.1, 0.15) is 0 Å². The predicted octanol–water partition coefficient (Wildman–Crippen LogP) is 4.94. The van der Waals surface area contributed by atoms with Gasteiger partial charge in [0, 0.05) is 0 Å². The van der Waals surface area contributed by atoms with Crippen molar-refractivity contribution in [1.82, 2.24) is 0 Å². The van der Waals surface area contributed by atoms with E-state index in [2.05, 4.69) is 101 Å². The molecule has 2 aromatic carbocycles. The third-order valence-electron chi connectivity index (χ3n) is 3.95. The first kappa shape index (κ1) is 20.0. The van der Waals surface area contributed by atoms with Crippen LogP contribution in [0.15, 0.2) is 48.5 Å². The minimum Gasteiger partial charge on any atom is -0.544 e. The smallest absolute Gasteiger partial charge is 0.242 e.